The van der Waals surface area contributed by atoms with Gasteiger partial charge in [0.15, 0.2) is 0 Å². The molecule has 1 amide bonds. The van der Waals surface area contributed by atoms with Crippen molar-refractivity contribution in [3.63, 3.8) is 0 Å². The molecule has 1 fully saturated rings. The number of ether oxygens (including phenoxy) is 2. The molecule has 0 saturated heterocycles. The minimum atomic E-state index is -0.298. The fourth-order valence-electron chi connectivity index (χ4n) is 2.70. The Morgan fingerprint density at radius 3 is 2.54 bits per heavy atom. The van der Waals surface area contributed by atoms with E-state index in [1.165, 1.54) is 13.2 Å². The summed E-state index contributed by atoms with van der Waals surface area (Å²) in [6.07, 6.45) is 1.87. The monoisotopic (exact) mass is 329 g/mol. The quantitative estimate of drug-likeness (QED) is 0.812. The summed E-state index contributed by atoms with van der Waals surface area (Å²) < 4.78 is 24.5. The summed E-state index contributed by atoms with van der Waals surface area (Å²) >= 11 is 0. The van der Waals surface area contributed by atoms with Crippen LogP contribution in [0, 0.1) is 5.82 Å². The first-order chi connectivity index (χ1) is 11.6. The van der Waals surface area contributed by atoms with Crippen molar-refractivity contribution in [2.75, 3.05) is 14.2 Å². The largest absolute Gasteiger partial charge is 0.497 e. The second-order valence-corrected chi connectivity index (χ2v) is 5.82. The second kappa shape index (κ2) is 6.91. The summed E-state index contributed by atoms with van der Waals surface area (Å²) in [5.74, 6) is 0.603. The van der Waals surface area contributed by atoms with Crippen molar-refractivity contribution in [3.05, 3.63) is 59.4 Å². The average Bonchev–Trinajstić information content (AvgIpc) is 3.44. The molecule has 5 heteroatoms. The Morgan fingerprint density at radius 2 is 1.92 bits per heavy atom. The number of benzene rings is 2. The van der Waals surface area contributed by atoms with Gasteiger partial charge in [-0.05, 0) is 37.1 Å². The summed E-state index contributed by atoms with van der Waals surface area (Å²) in [5, 5.41) is 0. The number of nitrogens with zero attached hydrogens (tertiary/aromatic N) is 1. The van der Waals surface area contributed by atoms with E-state index in [1.54, 1.807) is 48.4 Å². The van der Waals surface area contributed by atoms with E-state index in [-0.39, 0.29) is 24.3 Å². The Labute approximate surface area is 140 Å². The number of halogens is 1. The Bertz CT molecular complexity index is 743. The Balaban J connectivity index is 1.92. The minimum Gasteiger partial charge on any atom is -0.497 e. The zero-order valence-corrected chi connectivity index (χ0v) is 13.8. The normalized spacial score (nSPS) is 13.5. The van der Waals surface area contributed by atoms with Crippen LogP contribution in [-0.4, -0.2) is 31.1 Å². The zero-order valence-electron chi connectivity index (χ0n) is 13.8. The van der Waals surface area contributed by atoms with Crippen molar-refractivity contribution in [2.24, 2.45) is 0 Å². The minimum absolute atomic E-state index is 0.146. The maximum atomic E-state index is 14.0. The molecule has 0 N–H and O–H groups in total. The number of carbonyl (C=O) groups excluding carboxylic acids is 1. The average molecular weight is 329 g/mol. The molecule has 1 aliphatic carbocycles. The molecule has 0 bridgehead atoms. The fraction of sp³-hybridized carbons (Fsp3) is 0.316. The summed E-state index contributed by atoms with van der Waals surface area (Å²) in [4.78, 5) is 14.8. The maximum absolute atomic E-state index is 14.0. The molecule has 0 spiro atoms. The Kier molecular flexibility index (Phi) is 4.69. The molecule has 0 unspecified atom stereocenters. The highest BCUT2D eigenvalue weighted by Gasteiger charge is 2.34. The van der Waals surface area contributed by atoms with E-state index < -0.39 is 0 Å². The van der Waals surface area contributed by atoms with Crippen LogP contribution in [0.1, 0.15) is 28.8 Å². The predicted octanol–water partition coefficient (Wildman–Crippen LogP) is 3.65. The number of carbonyl (C=O) groups is 1. The third-order valence-corrected chi connectivity index (χ3v) is 4.18. The van der Waals surface area contributed by atoms with E-state index in [4.69, 9.17) is 9.47 Å². The van der Waals surface area contributed by atoms with Crippen molar-refractivity contribution in [2.45, 2.75) is 25.4 Å². The highest BCUT2D eigenvalue weighted by molar-refractivity contribution is 5.97. The van der Waals surface area contributed by atoms with Gasteiger partial charge >= 0.3 is 0 Å². The van der Waals surface area contributed by atoms with Gasteiger partial charge < -0.3 is 14.4 Å². The van der Waals surface area contributed by atoms with Crippen LogP contribution in [0.2, 0.25) is 0 Å². The van der Waals surface area contributed by atoms with Crippen LogP contribution in [0.25, 0.3) is 0 Å². The van der Waals surface area contributed by atoms with E-state index in [1.807, 2.05) is 0 Å². The molecule has 4 nitrogen and oxygen atoms in total. The number of hydrogen-bond acceptors (Lipinski definition) is 3. The van der Waals surface area contributed by atoms with Crippen LogP contribution in [0.4, 0.5) is 4.39 Å². The maximum Gasteiger partial charge on any atom is 0.258 e. The third kappa shape index (κ3) is 3.35. The first-order valence-electron chi connectivity index (χ1n) is 7.90. The Morgan fingerprint density at radius 1 is 1.17 bits per heavy atom. The lowest BCUT2D eigenvalue weighted by Gasteiger charge is -2.24. The summed E-state index contributed by atoms with van der Waals surface area (Å²) in [6, 6.07) is 11.8. The molecular formula is C19H20FNO3. The first kappa shape index (κ1) is 16.3. The van der Waals surface area contributed by atoms with Gasteiger partial charge in [0.05, 0.1) is 19.8 Å². The van der Waals surface area contributed by atoms with Crippen LogP contribution >= 0.6 is 0 Å². The number of hydrogen-bond donors (Lipinski definition) is 0. The lowest BCUT2D eigenvalue weighted by Crippen LogP contribution is -2.33. The van der Waals surface area contributed by atoms with E-state index in [2.05, 4.69) is 0 Å². The first-order valence-corrected chi connectivity index (χ1v) is 7.90. The molecule has 2 aromatic rings. The van der Waals surface area contributed by atoms with Crippen LogP contribution in [-0.2, 0) is 6.54 Å². The van der Waals surface area contributed by atoms with Gasteiger partial charge in [-0.2, -0.15) is 0 Å². The van der Waals surface area contributed by atoms with Crippen molar-refractivity contribution in [1.82, 2.24) is 4.90 Å². The highest BCUT2D eigenvalue weighted by Crippen LogP contribution is 2.33. The lowest BCUT2D eigenvalue weighted by atomic mass is 10.1. The van der Waals surface area contributed by atoms with Crippen molar-refractivity contribution in [1.29, 1.82) is 0 Å². The van der Waals surface area contributed by atoms with Gasteiger partial charge in [-0.15, -0.1) is 0 Å². The lowest BCUT2D eigenvalue weighted by molar-refractivity contribution is 0.0724. The SMILES string of the molecule is COc1ccc(OC)c(C(=O)N(Cc2ccccc2F)C2CC2)c1. The van der Waals surface area contributed by atoms with E-state index in [9.17, 15) is 9.18 Å². The molecule has 0 aromatic heterocycles. The van der Waals surface area contributed by atoms with Gasteiger partial charge in [0.1, 0.15) is 17.3 Å². The van der Waals surface area contributed by atoms with E-state index in [0.29, 0.717) is 22.6 Å². The number of amides is 1. The fourth-order valence-corrected chi connectivity index (χ4v) is 2.70. The molecule has 126 valence electrons. The van der Waals surface area contributed by atoms with Gasteiger partial charge in [0, 0.05) is 18.2 Å². The highest BCUT2D eigenvalue weighted by atomic mass is 19.1. The molecular weight excluding hydrogens is 309 g/mol. The standard InChI is InChI=1S/C19H20FNO3/c1-23-15-9-10-18(24-2)16(11-15)19(22)21(14-7-8-14)12-13-5-3-4-6-17(13)20/h3-6,9-11,14H,7-8,12H2,1-2H3. The molecule has 3 rings (SSSR count). The van der Waals surface area contributed by atoms with Gasteiger partial charge in [0.25, 0.3) is 5.91 Å². The summed E-state index contributed by atoms with van der Waals surface area (Å²) in [5.41, 5.74) is 0.944. The third-order valence-electron chi connectivity index (χ3n) is 4.18. The molecule has 1 saturated carbocycles. The smallest absolute Gasteiger partial charge is 0.258 e. The second-order valence-electron chi connectivity index (χ2n) is 5.82. The van der Waals surface area contributed by atoms with Crippen LogP contribution < -0.4 is 9.47 Å². The van der Waals surface area contributed by atoms with E-state index >= 15 is 0 Å². The van der Waals surface area contributed by atoms with Gasteiger partial charge in [-0.3, -0.25) is 4.79 Å². The number of rotatable bonds is 6. The Hall–Kier alpha value is -2.56. The van der Waals surface area contributed by atoms with E-state index in [0.717, 1.165) is 12.8 Å². The van der Waals surface area contributed by atoms with Crippen LogP contribution in [0.3, 0.4) is 0 Å². The van der Waals surface area contributed by atoms with Crippen LogP contribution in [0.15, 0.2) is 42.5 Å². The molecule has 2 aromatic carbocycles. The molecule has 0 heterocycles. The zero-order chi connectivity index (χ0) is 17.1. The van der Waals surface area contributed by atoms with Crippen molar-refractivity contribution >= 4 is 5.91 Å². The molecule has 0 aliphatic heterocycles. The van der Waals surface area contributed by atoms with Gasteiger partial charge in [0.2, 0.25) is 0 Å². The molecule has 1 aliphatic rings. The summed E-state index contributed by atoms with van der Waals surface area (Å²) in [6.45, 7) is 0.247. The van der Waals surface area contributed by atoms with Crippen LogP contribution in [0.5, 0.6) is 11.5 Å². The topological polar surface area (TPSA) is 38.8 Å². The van der Waals surface area contributed by atoms with Crippen molar-refractivity contribution in [3.8, 4) is 11.5 Å². The number of methoxy groups -OCH3 is 2. The summed E-state index contributed by atoms with van der Waals surface area (Å²) in [7, 11) is 3.07. The predicted molar refractivity (Wildman–Crippen MR) is 88.8 cm³/mol. The molecule has 0 atom stereocenters. The molecule has 0 radical (unpaired) electrons. The molecule has 24 heavy (non-hydrogen) atoms. The van der Waals surface area contributed by atoms with Gasteiger partial charge in [-0.1, -0.05) is 18.2 Å². The van der Waals surface area contributed by atoms with Gasteiger partial charge in [-0.25, -0.2) is 4.39 Å². The van der Waals surface area contributed by atoms with Crippen molar-refractivity contribution < 1.29 is 18.7 Å².